The number of rotatable bonds is 7. The molecule has 1 aliphatic rings. The molecular formula is C24H24Cl2N4O2. The summed E-state index contributed by atoms with van der Waals surface area (Å²) in [6, 6.07) is 16.6. The van der Waals surface area contributed by atoms with Gasteiger partial charge in [-0.2, -0.15) is 5.10 Å². The van der Waals surface area contributed by atoms with Crippen molar-refractivity contribution in [3.63, 3.8) is 0 Å². The van der Waals surface area contributed by atoms with Crippen molar-refractivity contribution in [2.75, 3.05) is 18.4 Å². The molecular weight excluding hydrogens is 447 g/mol. The van der Waals surface area contributed by atoms with E-state index in [9.17, 15) is 9.59 Å². The lowest BCUT2D eigenvalue weighted by molar-refractivity contribution is -0.140. The number of hydrogen-bond donors (Lipinski definition) is 1. The second kappa shape index (κ2) is 9.76. The maximum Gasteiger partial charge on any atom is 0.245 e. The molecule has 0 bridgehead atoms. The van der Waals surface area contributed by atoms with E-state index in [1.54, 1.807) is 33.8 Å². The SMILES string of the molecule is CCN(CC(=O)Nc1cc(-c2ccccc2)nn1-c1ccc(Cl)c(Cl)c1)C(=O)C1CCC1. The van der Waals surface area contributed by atoms with Crippen LogP contribution in [0.4, 0.5) is 5.82 Å². The molecule has 1 saturated carbocycles. The Hall–Kier alpha value is -2.83. The third-order valence-corrected chi connectivity index (χ3v) is 6.42. The Morgan fingerprint density at radius 2 is 1.84 bits per heavy atom. The molecule has 6 nitrogen and oxygen atoms in total. The third kappa shape index (κ3) is 4.81. The number of nitrogens with zero attached hydrogens (tertiary/aromatic N) is 3. The van der Waals surface area contributed by atoms with E-state index in [1.807, 2.05) is 37.3 Å². The van der Waals surface area contributed by atoms with Crippen molar-refractivity contribution in [3.8, 4) is 16.9 Å². The Kier molecular flexibility index (Phi) is 6.82. The molecule has 2 aromatic carbocycles. The van der Waals surface area contributed by atoms with Gasteiger partial charge in [-0.25, -0.2) is 4.68 Å². The maximum absolute atomic E-state index is 12.9. The second-order valence-electron chi connectivity index (χ2n) is 7.82. The molecule has 0 saturated heterocycles. The van der Waals surface area contributed by atoms with Crippen LogP contribution in [-0.4, -0.2) is 39.6 Å². The zero-order valence-corrected chi connectivity index (χ0v) is 19.2. The highest BCUT2D eigenvalue weighted by Gasteiger charge is 2.29. The molecule has 1 heterocycles. The molecule has 1 N–H and O–H groups in total. The van der Waals surface area contributed by atoms with Crippen molar-refractivity contribution in [3.05, 3.63) is 64.6 Å². The van der Waals surface area contributed by atoms with Gasteiger partial charge in [0.25, 0.3) is 0 Å². The van der Waals surface area contributed by atoms with Crippen LogP contribution in [-0.2, 0) is 9.59 Å². The van der Waals surface area contributed by atoms with Crippen LogP contribution in [0.5, 0.6) is 0 Å². The lowest BCUT2D eigenvalue weighted by Gasteiger charge is -2.30. The predicted molar refractivity (Wildman–Crippen MR) is 127 cm³/mol. The average molecular weight is 471 g/mol. The first-order valence-corrected chi connectivity index (χ1v) is 11.4. The quantitative estimate of drug-likeness (QED) is 0.500. The first-order chi connectivity index (χ1) is 15.5. The summed E-state index contributed by atoms with van der Waals surface area (Å²) in [7, 11) is 0. The van der Waals surface area contributed by atoms with Crippen molar-refractivity contribution < 1.29 is 9.59 Å². The van der Waals surface area contributed by atoms with Crippen LogP contribution in [0.2, 0.25) is 10.0 Å². The van der Waals surface area contributed by atoms with Crippen molar-refractivity contribution in [1.82, 2.24) is 14.7 Å². The van der Waals surface area contributed by atoms with Crippen LogP contribution in [0.15, 0.2) is 54.6 Å². The Bertz CT molecular complexity index is 1130. The number of anilines is 1. The van der Waals surface area contributed by atoms with E-state index in [2.05, 4.69) is 10.4 Å². The largest absolute Gasteiger partial charge is 0.333 e. The topological polar surface area (TPSA) is 67.2 Å². The summed E-state index contributed by atoms with van der Waals surface area (Å²) in [5.74, 6) is 0.311. The standard InChI is InChI=1S/C24H24Cl2N4O2/c1-2-29(24(32)17-9-6-10-17)15-23(31)27-22-14-21(16-7-4-3-5-8-16)28-30(22)18-11-12-19(25)20(26)13-18/h3-5,7-8,11-14,17H,2,6,9-10,15H2,1H3,(H,27,31). The summed E-state index contributed by atoms with van der Waals surface area (Å²) in [6.07, 6.45) is 2.88. The lowest BCUT2D eigenvalue weighted by atomic mass is 9.84. The fraction of sp³-hybridized carbons (Fsp3) is 0.292. The molecule has 3 aromatic rings. The fourth-order valence-electron chi connectivity index (χ4n) is 3.65. The molecule has 4 rings (SSSR count). The van der Waals surface area contributed by atoms with Crippen molar-refractivity contribution in [2.45, 2.75) is 26.2 Å². The predicted octanol–water partition coefficient (Wildman–Crippen LogP) is 5.43. The summed E-state index contributed by atoms with van der Waals surface area (Å²) in [6.45, 7) is 2.38. The van der Waals surface area contributed by atoms with E-state index in [-0.39, 0.29) is 24.3 Å². The van der Waals surface area contributed by atoms with Gasteiger partial charge in [0.2, 0.25) is 11.8 Å². The summed E-state index contributed by atoms with van der Waals surface area (Å²) in [5.41, 5.74) is 2.27. The number of amides is 2. The lowest BCUT2D eigenvalue weighted by Crippen LogP contribution is -2.43. The van der Waals surface area contributed by atoms with E-state index in [0.29, 0.717) is 33.8 Å². The van der Waals surface area contributed by atoms with Gasteiger partial charge in [-0.05, 0) is 38.0 Å². The summed E-state index contributed by atoms with van der Waals surface area (Å²) in [5, 5.41) is 8.42. The van der Waals surface area contributed by atoms with Crippen LogP contribution >= 0.6 is 23.2 Å². The first-order valence-electron chi connectivity index (χ1n) is 10.7. The van der Waals surface area contributed by atoms with Crippen molar-refractivity contribution in [1.29, 1.82) is 0 Å². The maximum atomic E-state index is 12.9. The minimum atomic E-state index is -0.277. The summed E-state index contributed by atoms with van der Waals surface area (Å²) < 4.78 is 1.62. The van der Waals surface area contributed by atoms with Crippen LogP contribution < -0.4 is 5.32 Å². The Morgan fingerprint density at radius 1 is 1.09 bits per heavy atom. The fourth-order valence-corrected chi connectivity index (χ4v) is 3.94. The molecule has 0 spiro atoms. The highest BCUT2D eigenvalue weighted by molar-refractivity contribution is 6.42. The molecule has 2 amide bonds. The molecule has 1 aliphatic carbocycles. The molecule has 166 valence electrons. The number of carbonyl (C=O) groups is 2. The number of carbonyl (C=O) groups excluding carboxylic acids is 2. The van der Waals surface area contributed by atoms with Crippen molar-refractivity contribution in [2.24, 2.45) is 5.92 Å². The number of likely N-dealkylation sites (N-methyl/N-ethyl adjacent to an activating group) is 1. The van der Waals surface area contributed by atoms with E-state index in [0.717, 1.165) is 24.8 Å². The van der Waals surface area contributed by atoms with Crippen LogP contribution in [0.1, 0.15) is 26.2 Å². The van der Waals surface area contributed by atoms with E-state index in [1.165, 1.54) is 0 Å². The molecule has 1 aromatic heterocycles. The molecule has 32 heavy (non-hydrogen) atoms. The second-order valence-corrected chi connectivity index (χ2v) is 8.63. The molecule has 8 heteroatoms. The highest BCUT2D eigenvalue weighted by Crippen LogP contribution is 2.30. The normalized spacial score (nSPS) is 13.5. The van der Waals surface area contributed by atoms with Gasteiger partial charge in [-0.1, -0.05) is 60.0 Å². The van der Waals surface area contributed by atoms with Crippen LogP contribution in [0.25, 0.3) is 16.9 Å². The minimum Gasteiger partial charge on any atom is -0.333 e. The molecule has 0 aliphatic heterocycles. The first kappa shape index (κ1) is 22.4. The zero-order valence-electron chi connectivity index (χ0n) is 17.7. The number of nitrogens with one attached hydrogen (secondary N) is 1. The van der Waals surface area contributed by atoms with Gasteiger partial charge in [0.1, 0.15) is 5.82 Å². The van der Waals surface area contributed by atoms with E-state index >= 15 is 0 Å². The molecule has 0 atom stereocenters. The van der Waals surface area contributed by atoms with Gasteiger partial charge in [0.05, 0.1) is 28.0 Å². The smallest absolute Gasteiger partial charge is 0.245 e. The summed E-state index contributed by atoms with van der Waals surface area (Å²) >= 11 is 12.3. The number of halogens is 2. The zero-order chi connectivity index (χ0) is 22.7. The van der Waals surface area contributed by atoms with Gasteiger partial charge < -0.3 is 10.2 Å². The summed E-state index contributed by atoms with van der Waals surface area (Å²) in [4.78, 5) is 27.1. The van der Waals surface area contributed by atoms with E-state index in [4.69, 9.17) is 23.2 Å². The van der Waals surface area contributed by atoms with Gasteiger partial charge >= 0.3 is 0 Å². The third-order valence-electron chi connectivity index (χ3n) is 5.68. The highest BCUT2D eigenvalue weighted by atomic mass is 35.5. The van der Waals surface area contributed by atoms with E-state index < -0.39 is 0 Å². The Labute approximate surface area is 197 Å². The Morgan fingerprint density at radius 3 is 2.47 bits per heavy atom. The average Bonchev–Trinajstić information content (AvgIpc) is 3.17. The number of aromatic nitrogens is 2. The van der Waals surface area contributed by atoms with Gasteiger partial charge in [-0.15, -0.1) is 0 Å². The van der Waals surface area contributed by atoms with Crippen LogP contribution in [0.3, 0.4) is 0 Å². The Balaban J connectivity index is 1.61. The number of hydrogen-bond acceptors (Lipinski definition) is 3. The molecule has 0 unspecified atom stereocenters. The van der Waals surface area contributed by atoms with Gasteiger partial charge in [0, 0.05) is 24.1 Å². The minimum absolute atomic E-state index is 0.000935. The monoisotopic (exact) mass is 470 g/mol. The number of benzene rings is 2. The van der Waals surface area contributed by atoms with Gasteiger partial charge in [-0.3, -0.25) is 9.59 Å². The van der Waals surface area contributed by atoms with Gasteiger partial charge in [0.15, 0.2) is 0 Å². The molecule has 1 fully saturated rings. The van der Waals surface area contributed by atoms with Crippen LogP contribution in [0, 0.1) is 5.92 Å². The molecule has 0 radical (unpaired) electrons. The van der Waals surface area contributed by atoms with Crippen molar-refractivity contribution >= 4 is 40.8 Å².